The number of oxime groups is 1. The topological polar surface area (TPSA) is 144 Å². The smallest absolute Gasteiger partial charge is 0.356 e. The molecule has 4 aromatic rings. The Morgan fingerprint density at radius 2 is 1.89 bits per heavy atom. The number of hydrogen-bond acceptors (Lipinski definition) is 12. The number of aromatic nitrogens is 2. The molecule has 13 nitrogen and oxygen atoms in total. The van der Waals surface area contributed by atoms with E-state index >= 15 is 0 Å². The van der Waals surface area contributed by atoms with E-state index in [2.05, 4.69) is 20.7 Å². The fourth-order valence-electron chi connectivity index (χ4n) is 5.51. The predicted octanol–water partition coefficient (Wildman–Crippen LogP) is 4.46. The average Bonchev–Trinajstić information content (AvgIpc) is 3.83. The van der Waals surface area contributed by atoms with Gasteiger partial charge in [0.2, 0.25) is 18.3 Å². The SMILES string of the molecule is CCOC(=O)C1=NO[C@H](Cc2c(/C=N\NC(=O)c3sc4nc(C)cc(C)c4c3-n3cccc3)c(OC)c3c(c2OC)OCO3)C1. The van der Waals surface area contributed by atoms with Crippen LogP contribution in [0.2, 0.25) is 0 Å². The number of hydrogen-bond donors (Lipinski definition) is 1. The molecule has 0 bridgehead atoms. The van der Waals surface area contributed by atoms with Crippen LogP contribution in [0.1, 0.15) is 45.4 Å². The molecule has 2 aliphatic rings. The van der Waals surface area contributed by atoms with Gasteiger partial charge < -0.3 is 33.1 Å². The van der Waals surface area contributed by atoms with Crippen LogP contribution >= 0.6 is 11.3 Å². The number of amides is 1. The third-order valence-electron chi connectivity index (χ3n) is 7.34. The molecule has 3 aromatic heterocycles. The highest BCUT2D eigenvalue weighted by Gasteiger charge is 2.35. The van der Waals surface area contributed by atoms with Gasteiger partial charge in [-0.2, -0.15) is 5.10 Å². The van der Waals surface area contributed by atoms with Gasteiger partial charge in [0.15, 0.2) is 17.2 Å². The number of ether oxygens (including phenoxy) is 5. The molecule has 1 aromatic carbocycles. The lowest BCUT2D eigenvalue weighted by atomic mass is 9.96. The summed E-state index contributed by atoms with van der Waals surface area (Å²) in [6.07, 6.45) is 5.21. The summed E-state index contributed by atoms with van der Waals surface area (Å²) in [4.78, 5) is 37.4. The number of fused-ring (bicyclic) bond motifs is 2. The van der Waals surface area contributed by atoms with Crippen molar-refractivity contribution in [1.29, 1.82) is 0 Å². The third kappa shape index (κ3) is 5.52. The lowest BCUT2D eigenvalue weighted by Crippen LogP contribution is -2.20. The van der Waals surface area contributed by atoms with Crippen LogP contribution in [0.25, 0.3) is 15.9 Å². The second kappa shape index (κ2) is 12.5. The second-order valence-corrected chi connectivity index (χ2v) is 11.2. The van der Waals surface area contributed by atoms with Gasteiger partial charge in [0.25, 0.3) is 5.91 Å². The zero-order valence-electron chi connectivity index (χ0n) is 25.3. The van der Waals surface area contributed by atoms with Gasteiger partial charge in [0.1, 0.15) is 15.8 Å². The van der Waals surface area contributed by atoms with Crippen LogP contribution in [0.5, 0.6) is 23.0 Å². The molecule has 0 unspecified atom stereocenters. The summed E-state index contributed by atoms with van der Waals surface area (Å²) in [5.41, 5.74) is 6.57. The van der Waals surface area contributed by atoms with Crippen molar-refractivity contribution in [2.45, 2.75) is 39.7 Å². The molecule has 0 fully saturated rings. The van der Waals surface area contributed by atoms with Crippen LogP contribution in [0.15, 0.2) is 40.8 Å². The summed E-state index contributed by atoms with van der Waals surface area (Å²) in [7, 11) is 3.00. The van der Waals surface area contributed by atoms with Gasteiger partial charge in [-0.15, -0.1) is 11.3 Å². The van der Waals surface area contributed by atoms with Crippen molar-refractivity contribution in [3.63, 3.8) is 0 Å². The predicted molar refractivity (Wildman–Crippen MR) is 166 cm³/mol. The molecule has 0 saturated carbocycles. The van der Waals surface area contributed by atoms with E-state index in [9.17, 15) is 9.59 Å². The number of methoxy groups -OCH3 is 2. The van der Waals surface area contributed by atoms with E-state index in [4.69, 9.17) is 28.5 Å². The monoisotopic (exact) mass is 633 g/mol. The zero-order chi connectivity index (χ0) is 31.7. The molecule has 6 rings (SSSR count). The maximum atomic E-state index is 13.7. The molecule has 1 N–H and O–H groups in total. The van der Waals surface area contributed by atoms with Crippen molar-refractivity contribution in [3.8, 4) is 28.7 Å². The quantitative estimate of drug-likeness (QED) is 0.152. The molecular formula is C31H31N5O8S. The maximum absolute atomic E-state index is 13.7. The highest BCUT2D eigenvalue weighted by atomic mass is 32.1. The summed E-state index contributed by atoms with van der Waals surface area (Å²) >= 11 is 1.30. The van der Waals surface area contributed by atoms with Crippen molar-refractivity contribution < 1.29 is 38.1 Å². The highest BCUT2D eigenvalue weighted by molar-refractivity contribution is 7.21. The van der Waals surface area contributed by atoms with E-state index in [0.717, 1.165) is 27.2 Å². The molecule has 1 amide bonds. The Bertz CT molecular complexity index is 1850. The molecule has 234 valence electrons. The molecule has 1 atom stereocenters. The highest BCUT2D eigenvalue weighted by Crippen LogP contribution is 2.52. The van der Waals surface area contributed by atoms with Crippen LogP contribution in [-0.2, 0) is 20.8 Å². The van der Waals surface area contributed by atoms with Gasteiger partial charge in [0, 0.05) is 47.4 Å². The number of carbonyl (C=O) groups is 2. The molecule has 0 aliphatic carbocycles. The van der Waals surface area contributed by atoms with Gasteiger partial charge in [0.05, 0.1) is 32.7 Å². The summed E-state index contributed by atoms with van der Waals surface area (Å²) in [5, 5.41) is 9.17. The number of nitrogens with one attached hydrogen (secondary N) is 1. The summed E-state index contributed by atoms with van der Waals surface area (Å²) in [6.45, 7) is 5.85. The third-order valence-corrected chi connectivity index (χ3v) is 8.42. The van der Waals surface area contributed by atoms with Crippen LogP contribution in [0, 0.1) is 13.8 Å². The first-order chi connectivity index (χ1) is 21.8. The fraction of sp³-hybridized carbons (Fsp3) is 0.323. The maximum Gasteiger partial charge on any atom is 0.356 e. The molecule has 14 heteroatoms. The second-order valence-electron chi connectivity index (χ2n) is 10.2. The van der Waals surface area contributed by atoms with Crippen molar-refractivity contribution in [2.24, 2.45) is 10.3 Å². The first kappa shape index (κ1) is 29.9. The average molecular weight is 634 g/mol. The van der Waals surface area contributed by atoms with Gasteiger partial charge in [-0.25, -0.2) is 15.2 Å². The Morgan fingerprint density at radius 1 is 1.16 bits per heavy atom. The van der Waals surface area contributed by atoms with Crippen molar-refractivity contribution >= 4 is 45.4 Å². The van der Waals surface area contributed by atoms with E-state index < -0.39 is 18.0 Å². The number of hydrazone groups is 1. The van der Waals surface area contributed by atoms with Crippen LogP contribution in [0.4, 0.5) is 0 Å². The number of thiophene rings is 1. The van der Waals surface area contributed by atoms with Crippen molar-refractivity contribution in [1.82, 2.24) is 15.0 Å². The first-order valence-corrected chi connectivity index (χ1v) is 15.0. The van der Waals surface area contributed by atoms with E-state index in [1.165, 1.54) is 31.8 Å². The van der Waals surface area contributed by atoms with Gasteiger partial charge >= 0.3 is 5.97 Å². The number of esters is 1. The van der Waals surface area contributed by atoms with Crippen LogP contribution < -0.4 is 24.4 Å². The fourth-order valence-corrected chi connectivity index (χ4v) is 6.69. The van der Waals surface area contributed by atoms with E-state index in [0.29, 0.717) is 39.0 Å². The van der Waals surface area contributed by atoms with Crippen LogP contribution in [-0.4, -0.2) is 67.1 Å². The first-order valence-electron chi connectivity index (χ1n) is 14.2. The summed E-state index contributed by atoms with van der Waals surface area (Å²) in [5.74, 6) is 0.509. The molecule has 5 heterocycles. The number of nitrogens with zero attached hydrogens (tertiary/aromatic N) is 4. The number of carbonyl (C=O) groups excluding carboxylic acids is 2. The number of aryl methyl sites for hydroxylation is 2. The Balaban J connectivity index is 1.34. The molecule has 2 aliphatic heterocycles. The lowest BCUT2D eigenvalue weighted by Gasteiger charge is -2.19. The number of benzene rings is 1. The summed E-state index contributed by atoms with van der Waals surface area (Å²) < 4.78 is 29.9. The number of pyridine rings is 1. The van der Waals surface area contributed by atoms with Gasteiger partial charge in [-0.1, -0.05) is 5.16 Å². The van der Waals surface area contributed by atoms with Gasteiger partial charge in [-0.05, 0) is 44.5 Å². The Morgan fingerprint density at radius 3 is 2.60 bits per heavy atom. The van der Waals surface area contributed by atoms with E-state index in [-0.39, 0.29) is 32.0 Å². The van der Waals surface area contributed by atoms with E-state index in [1.807, 2.05) is 49.0 Å². The largest absolute Gasteiger partial charge is 0.492 e. The summed E-state index contributed by atoms with van der Waals surface area (Å²) in [6, 6.07) is 5.79. The molecular weight excluding hydrogens is 602 g/mol. The molecule has 45 heavy (non-hydrogen) atoms. The van der Waals surface area contributed by atoms with Crippen molar-refractivity contribution in [3.05, 3.63) is 57.9 Å². The van der Waals surface area contributed by atoms with Crippen molar-refractivity contribution in [2.75, 3.05) is 27.6 Å². The number of rotatable bonds is 10. The minimum Gasteiger partial charge on any atom is -0.492 e. The minimum absolute atomic E-state index is 0.0318. The zero-order valence-corrected chi connectivity index (χ0v) is 26.1. The van der Waals surface area contributed by atoms with E-state index in [1.54, 1.807) is 6.92 Å². The molecule has 0 saturated heterocycles. The Hall–Kier alpha value is -5.11. The van der Waals surface area contributed by atoms with Crippen LogP contribution in [0.3, 0.4) is 0 Å². The minimum atomic E-state index is -0.527. The lowest BCUT2D eigenvalue weighted by molar-refractivity contribution is -0.135. The Labute approximate surface area is 262 Å². The standard InChI is InChI=1S/C31H31N5O8S/c1-6-41-31(38)21-13-18(44-35-21)12-19-20(25(40-5)27-26(24(19)39-4)42-15-43-27)14-32-34-29(37)28-23(36-9-7-8-10-36)22-16(2)11-17(3)33-30(22)45-28/h7-11,14,18H,6,12-13,15H2,1-5H3,(H,34,37)/b32-14-/t18-/m1/s1. The molecule has 0 radical (unpaired) electrons. The molecule has 0 spiro atoms. The normalized spacial score (nSPS) is 15.3. The Kier molecular flexibility index (Phi) is 8.30. The van der Waals surface area contributed by atoms with Gasteiger partial charge in [-0.3, -0.25) is 4.79 Å².